The first kappa shape index (κ1) is 30.4. The van der Waals surface area contributed by atoms with Crippen LogP contribution in [0.25, 0.3) is 22.2 Å². The highest BCUT2D eigenvalue weighted by atomic mass is 16.7. The largest absolute Gasteiger partial charge is 0.510 e. The van der Waals surface area contributed by atoms with Crippen molar-refractivity contribution in [2.75, 3.05) is 37.7 Å². The molecule has 0 aliphatic carbocycles. The lowest BCUT2D eigenvalue weighted by Gasteiger charge is -2.36. The smallest absolute Gasteiger partial charge is 0.434 e. The number of hydrogen-bond donors (Lipinski definition) is 0. The van der Waals surface area contributed by atoms with Crippen LogP contribution in [0.1, 0.15) is 57.4 Å². The molecular formula is C35H43N3O5. The number of fused-ring (bicyclic) bond motifs is 1. The zero-order valence-electron chi connectivity index (χ0n) is 25.2. The second kappa shape index (κ2) is 15.4. The molecule has 1 aliphatic heterocycles. The summed E-state index contributed by atoms with van der Waals surface area (Å²) in [4.78, 5) is 29.5. The van der Waals surface area contributed by atoms with Crippen molar-refractivity contribution in [1.29, 1.82) is 0 Å². The number of aromatic nitrogens is 1. The van der Waals surface area contributed by atoms with Crippen molar-refractivity contribution >= 4 is 22.9 Å². The number of anilines is 1. The number of para-hydroxylation sites is 1. The van der Waals surface area contributed by atoms with Gasteiger partial charge in [-0.1, -0.05) is 100 Å². The maximum absolute atomic E-state index is 12.7. The Balaban J connectivity index is 1.12. The molecule has 0 saturated carbocycles. The minimum absolute atomic E-state index is 0.249. The SMILES string of the molecule is CCCCCCCCCOC(=O)OCn1c(=O)oc2c(N3CCN(Cc4cccc(-c5ccccc5)c4)CC3)cccc21. The van der Waals surface area contributed by atoms with Crippen LogP contribution in [0.4, 0.5) is 10.5 Å². The molecule has 0 radical (unpaired) electrons. The number of carbonyl (C=O) groups excluding carboxylic acids is 1. The maximum Gasteiger partial charge on any atom is 0.510 e. The highest BCUT2D eigenvalue weighted by Crippen LogP contribution is 2.28. The second-order valence-electron chi connectivity index (χ2n) is 11.2. The Morgan fingerprint density at radius 2 is 1.51 bits per heavy atom. The standard InChI is InChI=1S/C35H43N3O5/c1-2-3-4-5-6-7-11-24-41-35(40)42-27-38-32-19-13-18-31(33(32)43-34(38)39)37-22-20-36(21-23-37)26-28-14-12-17-30(25-28)29-15-9-8-10-16-29/h8-10,12-19,25H,2-7,11,20-24,26-27H2,1H3. The van der Waals surface area contributed by atoms with Crippen molar-refractivity contribution in [3.8, 4) is 11.1 Å². The van der Waals surface area contributed by atoms with Gasteiger partial charge in [-0.3, -0.25) is 4.90 Å². The third kappa shape index (κ3) is 8.29. The lowest BCUT2D eigenvalue weighted by atomic mass is 10.0. The molecule has 1 aromatic heterocycles. The van der Waals surface area contributed by atoms with Crippen molar-refractivity contribution in [3.05, 3.63) is 88.9 Å². The summed E-state index contributed by atoms with van der Waals surface area (Å²) in [5.41, 5.74) is 5.73. The Kier molecular flexibility index (Phi) is 10.9. The quantitative estimate of drug-likeness (QED) is 0.112. The summed E-state index contributed by atoms with van der Waals surface area (Å²) in [6.45, 7) is 6.58. The number of hydrogen-bond acceptors (Lipinski definition) is 7. The monoisotopic (exact) mass is 585 g/mol. The van der Waals surface area contributed by atoms with Crippen LogP contribution >= 0.6 is 0 Å². The Hall–Kier alpha value is -4.04. The van der Waals surface area contributed by atoms with E-state index in [1.54, 1.807) is 0 Å². The van der Waals surface area contributed by atoms with Gasteiger partial charge in [-0.15, -0.1) is 0 Å². The minimum atomic E-state index is -0.770. The van der Waals surface area contributed by atoms with E-state index in [9.17, 15) is 9.59 Å². The minimum Gasteiger partial charge on any atom is -0.434 e. The zero-order valence-corrected chi connectivity index (χ0v) is 25.2. The van der Waals surface area contributed by atoms with E-state index in [-0.39, 0.29) is 6.73 Å². The lowest BCUT2D eigenvalue weighted by Crippen LogP contribution is -2.46. The van der Waals surface area contributed by atoms with Gasteiger partial charge in [0.25, 0.3) is 0 Å². The van der Waals surface area contributed by atoms with Crippen LogP contribution < -0.4 is 10.7 Å². The molecule has 4 aromatic rings. The van der Waals surface area contributed by atoms with Crippen molar-refractivity contribution in [2.45, 2.75) is 65.1 Å². The van der Waals surface area contributed by atoms with Gasteiger partial charge in [0.1, 0.15) is 0 Å². The number of ether oxygens (including phenoxy) is 2. The van der Waals surface area contributed by atoms with Crippen LogP contribution in [0.5, 0.6) is 0 Å². The molecule has 0 amide bonds. The van der Waals surface area contributed by atoms with Crippen LogP contribution in [0.15, 0.2) is 82.0 Å². The highest BCUT2D eigenvalue weighted by molar-refractivity contribution is 5.87. The van der Waals surface area contributed by atoms with E-state index in [2.05, 4.69) is 65.3 Å². The van der Waals surface area contributed by atoms with Crippen LogP contribution in [-0.4, -0.2) is 48.4 Å². The first-order valence-corrected chi connectivity index (χ1v) is 15.7. The molecule has 0 atom stereocenters. The van der Waals surface area contributed by atoms with Crippen LogP contribution in [0.3, 0.4) is 0 Å². The summed E-state index contributed by atoms with van der Waals surface area (Å²) < 4.78 is 17.5. The molecule has 0 unspecified atom stereocenters. The normalized spacial score (nSPS) is 13.8. The van der Waals surface area contributed by atoms with Gasteiger partial charge in [-0.05, 0) is 41.3 Å². The van der Waals surface area contributed by atoms with Crippen molar-refractivity contribution < 1.29 is 18.7 Å². The molecule has 8 heteroatoms. The second-order valence-corrected chi connectivity index (χ2v) is 11.2. The molecule has 43 heavy (non-hydrogen) atoms. The molecule has 8 nitrogen and oxygen atoms in total. The van der Waals surface area contributed by atoms with Crippen LogP contribution in [0.2, 0.25) is 0 Å². The van der Waals surface area contributed by atoms with Crippen molar-refractivity contribution in [2.24, 2.45) is 0 Å². The summed E-state index contributed by atoms with van der Waals surface area (Å²) in [5.74, 6) is -0.556. The third-order valence-electron chi connectivity index (χ3n) is 8.11. The van der Waals surface area contributed by atoms with Gasteiger partial charge in [-0.2, -0.15) is 0 Å². The number of benzene rings is 3. The molecule has 0 N–H and O–H groups in total. The molecule has 2 heterocycles. The van der Waals surface area contributed by atoms with E-state index >= 15 is 0 Å². The zero-order chi connectivity index (χ0) is 29.9. The fraction of sp³-hybridized carbons (Fsp3) is 0.429. The van der Waals surface area contributed by atoms with Gasteiger partial charge in [0.15, 0.2) is 12.3 Å². The van der Waals surface area contributed by atoms with Crippen molar-refractivity contribution in [3.63, 3.8) is 0 Å². The van der Waals surface area contributed by atoms with E-state index in [4.69, 9.17) is 13.9 Å². The molecule has 0 bridgehead atoms. The number of carbonyl (C=O) groups is 1. The number of oxazole rings is 1. The predicted octanol–water partition coefficient (Wildman–Crippen LogP) is 7.45. The lowest BCUT2D eigenvalue weighted by molar-refractivity contribution is 0.0322. The number of nitrogens with zero attached hydrogens (tertiary/aromatic N) is 3. The molecular weight excluding hydrogens is 542 g/mol. The van der Waals surface area contributed by atoms with Gasteiger partial charge in [0.05, 0.1) is 17.8 Å². The Morgan fingerprint density at radius 3 is 2.30 bits per heavy atom. The Labute approximate surface area is 253 Å². The van der Waals surface area contributed by atoms with E-state index in [1.165, 1.54) is 46.9 Å². The molecule has 228 valence electrons. The summed E-state index contributed by atoms with van der Waals surface area (Å²) in [6, 6.07) is 24.9. The molecule has 1 aliphatic rings. The molecule has 5 rings (SSSR count). The number of piperazine rings is 1. The predicted molar refractivity (Wildman–Crippen MR) is 170 cm³/mol. The van der Waals surface area contributed by atoms with E-state index in [0.717, 1.165) is 57.7 Å². The number of unbranched alkanes of at least 4 members (excludes halogenated alkanes) is 6. The summed E-state index contributed by atoms with van der Waals surface area (Å²) in [5, 5.41) is 0. The van der Waals surface area contributed by atoms with E-state index < -0.39 is 11.9 Å². The summed E-state index contributed by atoms with van der Waals surface area (Å²) >= 11 is 0. The summed E-state index contributed by atoms with van der Waals surface area (Å²) in [7, 11) is 0. The third-order valence-corrected chi connectivity index (χ3v) is 8.11. The molecule has 0 spiro atoms. The Bertz CT molecular complexity index is 1500. The molecule has 1 saturated heterocycles. The van der Waals surface area contributed by atoms with E-state index in [1.807, 2.05) is 24.3 Å². The fourth-order valence-electron chi connectivity index (χ4n) is 5.70. The highest BCUT2D eigenvalue weighted by Gasteiger charge is 2.22. The molecule has 1 fully saturated rings. The van der Waals surface area contributed by atoms with Gasteiger partial charge >= 0.3 is 11.9 Å². The Morgan fingerprint density at radius 1 is 0.791 bits per heavy atom. The van der Waals surface area contributed by atoms with Crippen LogP contribution in [0, 0.1) is 0 Å². The average molecular weight is 586 g/mol. The number of rotatable bonds is 14. The van der Waals surface area contributed by atoms with Gasteiger partial charge < -0.3 is 18.8 Å². The van der Waals surface area contributed by atoms with Crippen LogP contribution in [-0.2, 0) is 22.7 Å². The summed E-state index contributed by atoms with van der Waals surface area (Å²) in [6.07, 6.45) is 7.20. The molecule has 3 aromatic carbocycles. The van der Waals surface area contributed by atoms with Gasteiger partial charge in [0, 0.05) is 32.7 Å². The van der Waals surface area contributed by atoms with E-state index in [0.29, 0.717) is 17.7 Å². The van der Waals surface area contributed by atoms with Gasteiger partial charge in [0.2, 0.25) is 0 Å². The fourth-order valence-corrected chi connectivity index (χ4v) is 5.70. The maximum atomic E-state index is 12.7. The van der Waals surface area contributed by atoms with Crippen molar-refractivity contribution in [1.82, 2.24) is 9.47 Å². The first-order valence-electron chi connectivity index (χ1n) is 15.7. The van der Waals surface area contributed by atoms with Gasteiger partial charge in [-0.25, -0.2) is 14.2 Å². The first-order chi connectivity index (χ1) is 21.1. The topological polar surface area (TPSA) is 77.1 Å². The average Bonchev–Trinajstić information content (AvgIpc) is 3.37.